The third-order valence-corrected chi connectivity index (χ3v) is 3.21. The number of rotatable bonds is 3. The Hall–Kier alpha value is -1.93. The largest absolute Gasteiger partial charge is 0.411 e. The summed E-state index contributed by atoms with van der Waals surface area (Å²) in [5, 5.41) is 2.15. The third kappa shape index (κ3) is 2.08. The molecular formula is C10H13F3N4O2. The Kier molecular flexibility index (Phi) is 2.87. The van der Waals surface area contributed by atoms with Crippen LogP contribution in [0.3, 0.4) is 0 Å². The highest BCUT2D eigenvalue weighted by atomic mass is 19.4. The van der Waals surface area contributed by atoms with Crippen molar-refractivity contribution in [3.63, 3.8) is 0 Å². The highest BCUT2D eigenvalue weighted by Crippen LogP contribution is 2.51. The van der Waals surface area contributed by atoms with E-state index in [-0.39, 0.29) is 25.2 Å². The van der Waals surface area contributed by atoms with Crippen LogP contribution in [0.5, 0.6) is 0 Å². The van der Waals surface area contributed by atoms with Crippen molar-refractivity contribution in [2.45, 2.75) is 38.0 Å². The predicted octanol–water partition coefficient (Wildman–Crippen LogP) is 0.645. The maximum Gasteiger partial charge on any atom is 0.411 e. The molecule has 2 rings (SSSR count). The van der Waals surface area contributed by atoms with Crippen molar-refractivity contribution in [3.05, 3.63) is 20.8 Å². The van der Waals surface area contributed by atoms with Gasteiger partial charge >= 0.3 is 11.9 Å². The fourth-order valence-electron chi connectivity index (χ4n) is 1.87. The molecule has 1 aliphatic carbocycles. The van der Waals surface area contributed by atoms with Gasteiger partial charge in [-0.05, 0) is 19.8 Å². The van der Waals surface area contributed by atoms with Gasteiger partial charge in [-0.1, -0.05) is 0 Å². The maximum absolute atomic E-state index is 12.8. The van der Waals surface area contributed by atoms with E-state index in [1.54, 1.807) is 6.92 Å². The van der Waals surface area contributed by atoms with Crippen molar-refractivity contribution in [3.8, 4) is 0 Å². The second-order valence-electron chi connectivity index (χ2n) is 4.47. The molecule has 0 amide bonds. The molecule has 0 aromatic carbocycles. The number of nitrogen functional groups attached to an aromatic ring is 1. The van der Waals surface area contributed by atoms with Gasteiger partial charge in [0.1, 0.15) is 17.0 Å². The summed E-state index contributed by atoms with van der Waals surface area (Å²) in [5.74, 6) is -0.285. The Balaban J connectivity index is 2.48. The quantitative estimate of drug-likeness (QED) is 0.756. The van der Waals surface area contributed by atoms with Crippen molar-refractivity contribution in [2.75, 3.05) is 11.1 Å². The molecular weight excluding hydrogens is 265 g/mol. The summed E-state index contributed by atoms with van der Waals surface area (Å²) in [4.78, 5) is 24.9. The number of hydrogen-bond acceptors (Lipinski definition) is 4. The summed E-state index contributed by atoms with van der Waals surface area (Å²) < 4.78 is 39.5. The van der Waals surface area contributed by atoms with E-state index in [0.717, 1.165) is 4.57 Å². The van der Waals surface area contributed by atoms with Gasteiger partial charge in [0.05, 0.1) is 0 Å². The van der Waals surface area contributed by atoms with Crippen molar-refractivity contribution in [1.82, 2.24) is 9.55 Å². The standard InChI is InChI=1S/C10H13F3N4O2/c1-2-17-6(14)5(7(18)15-8(17)19)16-9(3-4-9)10(11,12)13/h16H,2-4,14H2,1H3,(H,15,18,19). The lowest BCUT2D eigenvalue weighted by atomic mass is 10.2. The number of alkyl halides is 3. The second kappa shape index (κ2) is 4.04. The maximum atomic E-state index is 12.8. The van der Waals surface area contributed by atoms with Crippen LogP contribution in [0, 0.1) is 0 Å². The summed E-state index contributed by atoms with van der Waals surface area (Å²) in [6, 6.07) is 0. The minimum atomic E-state index is -4.47. The van der Waals surface area contributed by atoms with Gasteiger partial charge in [0.25, 0.3) is 5.56 Å². The molecule has 9 heteroatoms. The van der Waals surface area contributed by atoms with E-state index in [1.165, 1.54) is 0 Å². The number of nitrogens with one attached hydrogen (secondary N) is 2. The number of hydrogen-bond donors (Lipinski definition) is 3. The minimum Gasteiger partial charge on any atom is -0.383 e. The molecule has 0 radical (unpaired) electrons. The molecule has 1 aromatic rings. The smallest absolute Gasteiger partial charge is 0.383 e. The van der Waals surface area contributed by atoms with E-state index in [2.05, 4.69) is 5.32 Å². The zero-order valence-electron chi connectivity index (χ0n) is 10.1. The first kappa shape index (κ1) is 13.5. The number of aromatic nitrogens is 2. The number of aromatic amines is 1. The average Bonchev–Trinajstić information content (AvgIpc) is 3.04. The van der Waals surface area contributed by atoms with E-state index in [0.29, 0.717) is 0 Å². The minimum absolute atomic E-state index is 0.124. The Morgan fingerprint density at radius 1 is 1.42 bits per heavy atom. The summed E-state index contributed by atoms with van der Waals surface area (Å²) in [5.41, 5.74) is 1.39. The average molecular weight is 278 g/mol. The monoisotopic (exact) mass is 278 g/mol. The van der Waals surface area contributed by atoms with Crippen molar-refractivity contribution in [1.29, 1.82) is 0 Å². The molecule has 1 aromatic heterocycles. The molecule has 0 aliphatic heterocycles. The number of nitrogens with zero attached hydrogens (tertiary/aromatic N) is 1. The van der Waals surface area contributed by atoms with Crippen LogP contribution in [0.25, 0.3) is 0 Å². The predicted molar refractivity (Wildman–Crippen MR) is 63.1 cm³/mol. The van der Waals surface area contributed by atoms with Gasteiger partial charge in [0.15, 0.2) is 0 Å². The lowest BCUT2D eigenvalue weighted by Crippen LogP contribution is -2.42. The first-order chi connectivity index (χ1) is 8.72. The van der Waals surface area contributed by atoms with Crippen LogP contribution in [0.2, 0.25) is 0 Å². The SMILES string of the molecule is CCn1c(N)c(NC2(C(F)(F)F)CC2)c(=O)[nH]c1=O. The summed E-state index contributed by atoms with van der Waals surface area (Å²) in [7, 11) is 0. The lowest BCUT2D eigenvalue weighted by Gasteiger charge is -2.22. The molecule has 19 heavy (non-hydrogen) atoms. The molecule has 1 fully saturated rings. The molecule has 0 spiro atoms. The van der Waals surface area contributed by atoms with E-state index in [9.17, 15) is 22.8 Å². The van der Waals surface area contributed by atoms with E-state index < -0.39 is 28.7 Å². The van der Waals surface area contributed by atoms with E-state index >= 15 is 0 Å². The Morgan fingerprint density at radius 2 is 2.00 bits per heavy atom. The first-order valence-corrected chi connectivity index (χ1v) is 5.69. The highest BCUT2D eigenvalue weighted by Gasteiger charge is 2.64. The van der Waals surface area contributed by atoms with Crippen LogP contribution in [0.15, 0.2) is 9.59 Å². The van der Waals surface area contributed by atoms with Gasteiger partial charge in [-0.25, -0.2) is 4.79 Å². The summed E-state index contributed by atoms with van der Waals surface area (Å²) >= 11 is 0. The van der Waals surface area contributed by atoms with Gasteiger partial charge in [-0.2, -0.15) is 13.2 Å². The fraction of sp³-hybridized carbons (Fsp3) is 0.600. The normalized spacial score (nSPS) is 17.3. The Labute approximate surface area is 105 Å². The van der Waals surface area contributed by atoms with Crippen molar-refractivity contribution in [2.24, 2.45) is 0 Å². The molecule has 0 bridgehead atoms. The Bertz CT molecular complexity index is 613. The molecule has 4 N–H and O–H groups in total. The molecule has 6 nitrogen and oxygen atoms in total. The molecule has 106 valence electrons. The van der Waals surface area contributed by atoms with Crippen LogP contribution in [0.4, 0.5) is 24.7 Å². The molecule has 0 unspecified atom stereocenters. The van der Waals surface area contributed by atoms with Crippen LogP contribution >= 0.6 is 0 Å². The third-order valence-electron chi connectivity index (χ3n) is 3.21. The number of H-pyrrole nitrogens is 1. The van der Waals surface area contributed by atoms with Crippen LogP contribution in [-0.2, 0) is 6.54 Å². The fourth-order valence-corrected chi connectivity index (χ4v) is 1.87. The highest BCUT2D eigenvalue weighted by molar-refractivity contribution is 5.63. The molecule has 1 heterocycles. The number of anilines is 2. The van der Waals surface area contributed by atoms with Crippen LogP contribution < -0.4 is 22.3 Å². The van der Waals surface area contributed by atoms with Gasteiger partial charge < -0.3 is 11.1 Å². The lowest BCUT2D eigenvalue weighted by molar-refractivity contribution is -0.151. The molecule has 1 saturated carbocycles. The van der Waals surface area contributed by atoms with Gasteiger partial charge in [0, 0.05) is 6.54 Å². The van der Waals surface area contributed by atoms with Crippen LogP contribution in [-0.4, -0.2) is 21.3 Å². The summed E-state index contributed by atoms with van der Waals surface area (Å²) in [6.45, 7) is 1.74. The van der Waals surface area contributed by atoms with Gasteiger partial charge in [-0.3, -0.25) is 14.3 Å². The Morgan fingerprint density at radius 3 is 2.42 bits per heavy atom. The van der Waals surface area contributed by atoms with Crippen molar-refractivity contribution < 1.29 is 13.2 Å². The van der Waals surface area contributed by atoms with Gasteiger partial charge in [-0.15, -0.1) is 0 Å². The zero-order chi connectivity index (χ0) is 14.4. The molecule has 0 saturated heterocycles. The summed E-state index contributed by atoms with van der Waals surface area (Å²) in [6.07, 6.45) is -4.72. The van der Waals surface area contributed by atoms with Crippen LogP contribution in [0.1, 0.15) is 19.8 Å². The van der Waals surface area contributed by atoms with E-state index in [1.807, 2.05) is 4.98 Å². The first-order valence-electron chi connectivity index (χ1n) is 5.69. The zero-order valence-corrected chi connectivity index (χ0v) is 10.1. The molecule has 0 atom stereocenters. The van der Waals surface area contributed by atoms with Gasteiger partial charge in [0.2, 0.25) is 0 Å². The van der Waals surface area contributed by atoms with E-state index in [4.69, 9.17) is 5.73 Å². The second-order valence-corrected chi connectivity index (χ2v) is 4.47. The topological polar surface area (TPSA) is 92.9 Å². The van der Waals surface area contributed by atoms with Crippen molar-refractivity contribution >= 4 is 11.5 Å². The number of nitrogens with two attached hydrogens (primary N) is 1. The molecule has 1 aliphatic rings. The number of halogens is 3.